The SMILES string of the molecule is O=CPCCl. The normalized spacial score (nSPS) is 9.80. The molecule has 0 N–H and O–H groups in total. The fourth-order valence-electron chi connectivity index (χ4n) is 0.0315. The molecular weight excluding hydrogens is 106 g/mol. The summed E-state index contributed by atoms with van der Waals surface area (Å²) in [7, 11) is 0.282. The quantitative estimate of drug-likeness (QED) is 0.295. The van der Waals surface area contributed by atoms with Gasteiger partial charge in [0.15, 0.2) is 0 Å². The molecule has 5 heavy (non-hydrogen) atoms. The predicted octanol–water partition coefficient (Wildman–Crippen LogP) is 1.05. The third-order valence-corrected chi connectivity index (χ3v) is 0.944. The molecule has 0 heterocycles. The summed E-state index contributed by atoms with van der Waals surface area (Å²) in [5, 5.41) is 0. The van der Waals surface area contributed by atoms with Gasteiger partial charge in [-0.3, -0.25) is 4.79 Å². The minimum atomic E-state index is 0.282. The average Bonchev–Trinajstić information content (AvgIpc) is 1.41. The van der Waals surface area contributed by atoms with Gasteiger partial charge >= 0.3 is 0 Å². The number of rotatable bonds is 2. The maximum absolute atomic E-state index is 9.33. The molecule has 0 radical (unpaired) electrons. The van der Waals surface area contributed by atoms with Gasteiger partial charge in [0.1, 0.15) is 6.03 Å². The lowest BCUT2D eigenvalue weighted by Crippen LogP contribution is -1.50. The third kappa shape index (κ3) is 4.39. The molecule has 0 aliphatic heterocycles. The highest BCUT2D eigenvalue weighted by molar-refractivity contribution is 7.56. The van der Waals surface area contributed by atoms with Crippen molar-refractivity contribution in [2.24, 2.45) is 0 Å². The predicted molar refractivity (Wildman–Crippen MR) is 25.8 cm³/mol. The minimum Gasteiger partial charge on any atom is -0.299 e. The Kier molecular flexibility index (Phi) is 4.73. The molecule has 3 heteroatoms. The van der Waals surface area contributed by atoms with Crippen LogP contribution in [0, 0.1) is 0 Å². The standard InChI is InChI=1S/C2H4ClOP/c3-1-5-2-4/h2,5H,1H2. The molecule has 30 valence electrons. The summed E-state index contributed by atoms with van der Waals surface area (Å²) in [6.07, 6.45) is 0. The zero-order chi connectivity index (χ0) is 4.12. The van der Waals surface area contributed by atoms with Crippen molar-refractivity contribution >= 4 is 26.2 Å². The van der Waals surface area contributed by atoms with E-state index in [1.165, 1.54) is 0 Å². The van der Waals surface area contributed by atoms with Crippen LogP contribution < -0.4 is 0 Å². The van der Waals surface area contributed by atoms with Crippen LogP contribution in [-0.2, 0) is 4.79 Å². The second-order valence-corrected chi connectivity index (χ2v) is 2.17. The number of carbonyl (C=O) groups excluding carboxylic acids is 1. The van der Waals surface area contributed by atoms with Crippen molar-refractivity contribution in [1.29, 1.82) is 0 Å². The molecule has 1 unspecified atom stereocenters. The van der Waals surface area contributed by atoms with Gasteiger partial charge in [0.25, 0.3) is 0 Å². The smallest absolute Gasteiger partial charge is 0.139 e. The Labute approximate surface area is 37.5 Å². The van der Waals surface area contributed by atoms with Crippen molar-refractivity contribution in [3.05, 3.63) is 0 Å². The number of halogens is 1. The van der Waals surface area contributed by atoms with Gasteiger partial charge in [-0.2, -0.15) is 0 Å². The monoisotopic (exact) mass is 110 g/mol. The van der Waals surface area contributed by atoms with Gasteiger partial charge in [-0.05, 0) is 8.58 Å². The summed E-state index contributed by atoms with van der Waals surface area (Å²) < 4.78 is 0. The van der Waals surface area contributed by atoms with E-state index >= 15 is 0 Å². The van der Waals surface area contributed by atoms with Gasteiger partial charge in [0.05, 0.1) is 0 Å². The van der Waals surface area contributed by atoms with Gasteiger partial charge in [0.2, 0.25) is 0 Å². The number of hydrogen-bond acceptors (Lipinski definition) is 1. The van der Waals surface area contributed by atoms with Crippen LogP contribution in [-0.4, -0.2) is 11.6 Å². The zero-order valence-corrected chi connectivity index (χ0v) is 4.33. The molecule has 1 nitrogen and oxygen atoms in total. The molecular formula is C2H4ClOP. The first-order valence-electron chi connectivity index (χ1n) is 1.15. The van der Waals surface area contributed by atoms with Crippen LogP contribution in [0.4, 0.5) is 0 Å². The molecule has 0 aromatic rings. The van der Waals surface area contributed by atoms with Crippen molar-refractivity contribution in [2.75, 3.05) is 5.62 Å². The van der Waals surface area contributed by atoms with Gasteiger partial charge < -0.3 is 0 Å². The van der Waals surface area contributed by atoms with E-state index in [0.29, 0.717) is 5.62 Å². The van der Waals surface area contributed by atoms with E-state index in [4.69, 9.17) is 11.6 Å². The van der Waals surface area contributed by atoms with Gasteiger partial charge in [0, 0.05) is 5.62 Å². The molecule has 0 aliphatic carbocycles. The third-order valence-electron chi connectivity index (χ3n) is 0.160. The van der Waals surface area contributed by atoms with Crippen molar-refractivity contribution in [1.82, 2.24) is 0 Å². The lowest BCUT2D eigenvalue weighted by atomic mass is 11.8. The molecule has 0 aromatic heterocycles. The van der Waals surface area contributed by atoms with E-state index < -0.39 is 0 Å². The van der Waals surface area contributed by atoms with Crippen LogP contribution in [0.3, 0.4) is 0 Å². The highest BCUT2D eigenvalue weighted by Gasteiger charge is 1.68. The number of carbonyl (C=O) groups is 1. The topological polar surface area (TPSA) is 17.1 Å². The Hall–Kier alpha value is 0.390. The molecule has 0 fully saturated rings. The first kappa shape index (κ1) is 5.39. The Morgan fingerprint density at radius 2 is 2.60 bits per heavy atom. The Balaban J connectivity index is 2.40. The van der Waals surface area contributed by atoms with Gasteiger partial charge in [-0.25, -0.2) is 0 Å². The van der Waals surface area contributed by atoms with Crippen LogP contribution in [0.25, 0.3) is 0 Å². The Bertz CT molecular complexity index is 30.8. The molecule has 0 rings (SSSR count). The molecule has 0 aliphatic rings. The number of alkyl halides is 1. The van der Waals surface area contributed by atoms with Gasteiger partial charge in [-0.15, -0.1) is 11.6 Å². The molecule has 0 saturated heterocycles. The Morgan fingerprint density at radius 3 is 2.60 bits per heavy atom. The molecule has 0 saturated carbocycles. The second-order valence-electron chi connectivity index (χ2n) is 0.456. The molecule has 0 aromatic carbocycles. The van der Waals surface area contributed by atoms with E-state index in [0.717, 1.165) is 6.03 Å². The van der Waals surface area contributed by atoms with E-state index in [1.54, 1.807) is 0 Å². The first-order valence-corrected chi connectivity index (χ1v) is 2.96. The van der Waals surface area contributed by atoms with Crippen LogP contribution in [0.1, 0.15) is 0 Å². The zero-order valence-electron chi connectivity index (χ0n) is 2.57. The fourth-order valence-corrected chi connectivity index (χ4v) is 0.283. The van der Waals surface area contributed by atoms with Crippen molar-refractivity contribution in [3.8, 4) is 0 Å². The summed E-state index contributed by atoms with van der Waals surface area (Å²) in [6, 6.07) is 0.826. The van der Waals surface area contributed by atoms with Crippen LogP contribution >= 0.6 is 20.2 Å². The second kappa shape index (κ2) is 4.39. The summed E-state index contributed by atoms with van der Waals surface area (Å²) in [5.74, 6) is 0. The van der Waals surface area contributed by atoms with Crippen LogP contribution in [0.2, 0.25) is 0 Å². The lowest BCUT2D eigenvalue weighted by molar-refractivity contribution is 0.569. The highest BCUT2D eigenvalue weighted by Crippen LogP contribution is 2.02. The fraction of sp³-hybridized carbons (Fsp3) is 0.500. The summed E-state index contributed by atoms with van der Waals surface area (Å²) in [6.45, 7) is 0. The van der Waals surface area contributed by atoms with E-state index in [1.807, 2.05) is 0 Å². The molecule has 0 amide bonds. The van der Waals surface area contributed by atoms with Gasteiger partial charge in [-0.1, -0.05) is 0 Å². The van der Waals surface area contributed by atoms with Crippen molar-refractivity contribution in [2.45, 2.75) is 0 Å². The maximum Gasteiger partial charge on any atom is 0.139 e. The molecule has 0 spiro atoms. The highest BCUT2D eigenvalue weighted by atomic mass is 35.5. The summed E-state index contributed by atoms with van der Waals surface area (Å²) >= 11 is 5.08. The van der Waals surface area contributed by atoms with Crippen molar-refractivity contribution < 1.29 is 4.79 Å². The largest absolute Gasteiger partial charge is 0.299 e. The Morgan fingerprint density at radius 1 is 2.00 bits per heavy atom. The molecule has 1 atom stereocenters. The van der Waals surface area contributed by atoms with Crippen molar-refractivity contribution in [3.63, 3.8) is 0 Å². The summed E-state index contributed by atoms with van der Waals surface area (Å²) in [4.78, 5) is 9.33. The molecule has 0 bridgehead atoms. The minimum absolute atomic E-state index is 0.282. The maximum atomic E-state index is 9.33. The first-order chi connectivity index (χ1) is 2.41. The average molecular weight is 110 g/mol. The van der Waals surface area contributed by atoms with E-state index in [2.05, 4.69) is 0 Å². The number of hydrogen-bond donors (Lipinski definition) is 0. The van der Waals surface area contributed by atoms with Crippen LogP contribution in [0.15, 0.2) is 0 Å². The summed E-state index contributed by atoms with van der Waals surface area (Å²) in [5.41, 5.74) is 0.476. The lowest BCUT2D eigenvalue weighted by Gasteiger charge is -1.67. The van der Waals surface area contributed by atoms with E-state index in [-0.39, 0.29) is 8.58 Å². The van der Waals surface area contributed by atoms with E-state index in [9.17, 15) is 4.79 Å². The van der Waals surface area contributed by atoms with Crippen LogP contribution in [0.5, 0.6) is 0 Å².